The van der Waals surface area contributed by atoms with E-state index < -0.39 is 0 Å². The van der Waals surface area contributed by atoms with Gasteiger partial charge in [0.25, 0.3) is 0 Å². The Hall–Kier alpha value is -1.10. The van der Waals surface area contributed by atoms with Crippen molar-refractivity contribution in [3.63, 3.8) is 0 Å². The zero-order valence-corrected chi connectivity index (χ0v) is 12.2. The SMILES string of the molecule is NCC1(C(=O)NC2CCC(C(N)=O)CC2)CCCCC1. The maximum Gasteiger partial charge on any atom is 0.227 e. The Morgan fingerprint density at radius 3 is 2.15 bits per heavy atom. The first-order valence-electron chi connectivity index (χ1n) is 7.88. The highest BCUT2D eigenvalue weighted by molar-refractivity contribution is 5.83. The van der Waals surface area contributed by atoms with Crippen molar-refractivity contribution in [3.8, 4) is 0 Å². The highest BCUT2D eigenvalue weighted by Crippen LogP contribution is 2.36. The number of amides is 2. The van der Waals surface area contributed by atoms with Gasteiger partial charge >= 0.3 is 0 Å². The molecule has 2 saturated carbocycles. The molecule has 0 radical (unpaired) electrons. The van der Waals surface area contributed by atoms with Crippen molar-refractivity contribution >= 4 is 11.8 Å². The zero-order valence-electron chi connectivity index (χ0n) is 12.2. The number of hydrogen-bond acceptors (Lipinski definition) is 3. The van der Waals surface area contributed by atoms with Crippen molar-refractivity contribution in [1.29, 1.82) is 0 Å². The average molecular weight is 281 g/mol. The molecule has 0 heterocycles. The molecule has 0 bridgehead atoms. The first-order chi connectivity index (χ1) is 9.57. The van der Waals surface area contributed by atoms with Gasteiger partial charge < -0.3 is 16.8 Å². The number of primary amides is 1. The minimum Gasteiger partial charge on any atom is -0.369 e. The standard InChI is InChI=1S/C15H27N3O2/c16-10-15(8-2-1-3-9-15)14(20)18-12-6-4-11(5-7-12)13(17)19/h11-12H,1-10,16H2,(H2,17,19)(H,18,20). The Bertz CT molecular complexity index is 356. The van der Waals surface area contributed by atoms with E-state index in [1.165, 1.54) is 6.42 Å². The number of hydrogen-bond donors (Lipinski definition) is 3. The van der Waals surface area contributed by atoms with Crippen LogP contribution in [-0.4, -0.2) is 24.4 Å². The maximum atomic E-state index is 12.6. The maximum absolute atomic E-state index is 12.6. The quantitative estimate of drug-likeness (QED) is 0.718. The minimum atomic E-state index is -0.348. The molecule has 5 nitrogen and oxygen atoms in total. The minimum absolute atomic E-state index is 0.0127. The molecule has 0 unspecified atom stereocenters. The molecule has 2 amide bonds. The predicted octanol–water partition coefficient (Wildman–Crippen LogP) is 1.06. The molecule has 5 heteroatoms. The smallest absolute Gasteiger partial charge is 0.227 e. The van der Waals surface area contributed by atoms with Gasteiger partial charge in [0.05, 0.1) is 5.41 Å². The normalized spacial score (nSPS) is 29.6. The van der Waals surface area contributed by atoms with E-state index in [4.69, 9.17) is 11.5 Å². The molecule has 114 valence electrons. The molecular formula is C15H27N3O2. The van der Waals surface area contributed by atoms with Gasteiger partial charge in [0, 0.05) is 18.5 Å². The van der Waals surface area contributed by atoms with Gasteiger partial charge in [-0.05, 0) is 38.5 Å². The van der Waals surface area contributed by atoms with Crippen LogP contribution in [0.2, 0.25) is 0 Å². The van der Waals surface area contributed by atoms with Crippen molar-refractivity contribution in [2.75, 3.05) is 6.54 Å². The van der Waals surface area contributed by atoms with Gasteiger partial charge in [0.1, 0.15) is 0 Å². The second-order valence-electron chi connectivity index (χ2n) is 6.47. The fourth-order valence-corrected chi connectivity index (χ4v) is 3.61. The first kappa shape index (κ1) is 15.3. The summed E-state index contributed by atoms with van der Waals surface area (Å²) in [5, 5.41) is 3.17. The summed E-state index contributed by atoms with van der Waals surface area (Å²) in [6, 6.07) is 0.184. The molecule has 0 aliphatic heterocycles. The van der Waals surface area contributed by atoms with Crippen LogP contribution in [0, 0.1) is 11.3 Å². The fraction of sp³-hybridized carbons (Fsp3) is 0.867. The summed E-state index contributed by atoms with van der Waals surface area (Å²) in [6.07, 6.45) is 8.49. The van der Waals surface area contributed by atoms with Crippen LogP contribution in [0.15, 0.2) is 0 Å². The lowest BCUT2D eigenvalue weighted by atomic mass is 9.73. The van der Waals surface area contributed by atoms with E-state index in [-0.39, 0.29) is 29.2 Å². The Morgan fingerprint density at radius 2 is 1.65 bits per heavy atom. The molecule has 0 aromatic carbocycles. The second-order valence-corrected chi connectivity index (χ2v) is 6.47. The number of carbonyl (C=O) groups excluding carboxylic acids is 2. The van der Waals surface area contributed by atoms with Crippen LogP contribution in [0.3, 0.4) is 0 Å². The largest absolute Gasteiger partial charge is 0.369 e. The van der Waals surface area contributed by atoms with Crippen molar-refractivity contribution in [2.24, 2.45) is 22.8 Å². The summed E-state index contributed by atoms with van der Waals surface area (Å²) < 4.78 is 0. The van der Waals surface area contributed by atoms with Crippen molar-refractivity contribution < 1.29 is 9.59 Å². The Kier molecular flexibility index (Phi) is 5.02. The molecule has 2 rings (SSSR count). The molecule has 2 aliphatic carbocycles. The predicted molar refractivity (Wildman–Crippen MR) is 77.7 cm³/mol. The lowest BCUT2D eigenvalue weighted by molar-refractivity contribution is -0.133. The first-order valence-corrected chi connectivity index (χ1v) is 7.88. The highest BCUT2D eigenvalue weighted by Gasteiger charge is 2.39. The summed E-state index contributed by atoms with van der Waals surface area (Å²) in [6.45, 7) is 0.440. The van der Waals surface area contributed by atoms with E-state index in [1.807, 2.05) is 0 Å². The second kappa shape index (κ2) is 6.57. The monoisotopic (exact) mass is 281 g/mol. The Morgan fingerprint density at radius 1 is 1.05 bits per heavy atom. The molecule has 0 aromatic heterocycles. The summed E-state index contributed by atoms with van der Waals surface area (Å²) in [5.74, 6) is -0.0935. The fourth-order valence-electron chi connectivity index (χ4n) is 3.61. The number of nitrogens with one attached hydrogen (secondary N) is 1. The van der Waals surface area contributed by atoms with Crippen LogP contribution in [0.1, 0.15) is 57.8 Å². The molecule has 0 saturated heterocycles. The molecule has 2 aliphatic rings. The van der Waals surface area contributed by atoms with Crippen LogP contribution in [-0.2, 0) is 9.59 Å². The molecule has 2 fully saturated rings. The lowest BCUT2D eigenvalue weighted by Crippen LogP contribution is -2.51. The van der Waals surface area contributed by atoms with E-state index in [1.54, 1.807) is 0 Å². The molecule has 0 aromatic rings. The zero-order chi connectivity index (χ0) is 14.6. The Balaban J connectivity index is 1.86. The van der Waals surface area contributed by atoms with E-state index in [9.17, 15) is 9.59 Å². The van der Waals surface area contributed by atoms with Gasteiger partial charge in [-0.15, -0.1) is 0 Å². The third kappa shape index (κ3) is 3.32. The third-order valence-electron chi connectivity index (χ3n) is 5.15. The van der Waals surface area contributed by atoms with Gasteiger partial charge in [-0.25, -0.2) is 0 Å². The van der Waals surface area contributed by atoms with E-state index >= 15 is 0 Å². The van der Waals surface area contributed by atoms with E-state index in [0.29, 0.717) is 6.54 Å². The highest BCUT2D eigenvalue weighted by atomic mass is 16.2. The lowest BCUT2D eigenvalue weighted by Gasteiger charge is -2.37. The van der Waals surface area contributed by atoms with Gasteiger partial charge in [-0.1, -0.05) is 19.3 Å². The van der Waals surface area contributed by atoms with Gasteiger partial charge in [0.15, 0.2) is 0 Å². The van der Waals surface area contributed by atoms with Crippen LogP contribution < -0.4 is 16.8 Å². The number of rotatable bonds is 4. The van der Waals surface area contributed by atoms with Crippen molar-refractivity contribution in [3.05, 3.63) is 0 Å². The van der Waals surface area contributed by atoms with Gasteiger partial charge in [-0.2, -0.15) is 0 Å². The molecule has 0 spiro atoms. The number of carbonyl (C=O) groups is 2. The van der Waals surface area contributed by atoms with Crippen LogP contribution in [0.25, 0.3) is 0 Å². The third-order valence-corrected chi connectivity index (χ3v) is 5.15. The van der Waals surface area contributed by atoms with E-state index in [2.05, 4.69) is 5.32 Å². The summed E-state index contributed by atoms with van der Waals surface area (Å²) in [7, 11) is 0. The van der Waals surface area contributed by atoms with Gasteiger partial charge in [0.2, 0.25) is 11.8 Å². The van der Waals surface area contributed by atoms with Crippen molar-refractivity contribution in [2.45, 2.75) is 63.8 Å². The molecule has 0 atom stereocenters. The average Bonchev–Trinajstić information content (AvgIpc) is 2.48. The number of nitrogens with two attached hydrogens (primary N) is 2. The van der Waals surface area contributed by atoms with Gasteiger partial charge in [-0.3, -0.25) is 9.59 Å². The van der Waals surface area contributed by atoms with Crippen molar-refractivity contribution in [1.82, 2.24) is 5.32 Å². The van der Waals surface area contributed by atoms with Crippen LogP contribution >= 0.6 is 0 Å². The molecular weight excluding hydrogens is 254 g/mol. The van der Waals surface area contributed by atoms with E-state index in [0.717, 1.165) is 51.4 Å². The molecule has 5 N–H and O–H groups in total. The summed E-state index contributed by atoms with van der Waals surface area (Å²) in [4.78, 5) is 23.7. The summed E-state index contributed by atoms with van der Waals surface area (Å²) in [5.41, 5.74) is 10.9. The topological polar surface area (TPSA) is 98.2 Å². The Labute approximate surface area is 120 Å². The summed E-state index contributed by atoms with van der Waals surface area (Å²) >= 11 is 0. The van der Waals surface area contributed by atoms with Crippen LogP contribution in [0.5, 0.6) is 0 Å². The van der Waals surface area contributed by atoms with Crippen LogP contribution in [0.4, 0.5) is 0 Å². The molecule has 20 heavy (non-hydrogen) atoms.